The van der Waals surface area contributed by atoms with Gasteiger partial charge in [0.05, 0.1) is 30.2 Å². The molecular weight excluding hydrogens is 502 g/mol. The third-order valence-electron chi connectivity index (χ3n) is 8.13. The fourth-order valence-electron chi connectivity index (χ4n) is 5.60. The van der Waals surface area contributed by atoms with Crippen molar-refractivity contribution in [3.8, 4) is 6.07 Å². The zero-order valence-corrected chi connectivity index (χ0v) is 23.9. The number of aromatic nitrogens is 2. The maximum absolute atomic E-state index is 13.7. The molecule has 3 rings (SSSR count). The van der Waals surface area contributed by atoms with Crippen molar-refractivity contribution in [3.63, 3.8) is 0 Å². The van der Waals surface area contributed by atoms with Crippen LogP contribution in [0.2, 0.25) is 0 Å². The lowest BCUT2D eigenvalue weighted by molar-refractivity contribution is -0.131. The number of nitrogens with one attached hydrogen (secondary N) is 3. The molecule has 216 valence electrons. The molecule has 40 heavy (non-hydrogen) atoms. The predicted molar refractivity (Wildman–Crippen MR) is 156 cm³/mol. The van der Waals surface area contributed by atoms with Gasteiger partial charge < -0.3 is 20.7 Å². The van der Waals surface area contributed by atoms with Gasteiger partial charge in [0, 0.05) is 12.6 Å². The van der Waals surface area contributed by atoms with Gasteiger partial charge in [-0.3, -0.25) is 9.59 Å². The number of aliphatic hydroxyl groups excluding tert-OH is 1. The van der Waals surface area contributed by atoms with Gasteiger partial charge in [-0.25, -0.2) is 4.98 Å². The average molecular weight is 548 g/mol. The van der Waals surface area contributed by atoms with Gasteiger partial charge in [-0.2, -0.15) is 5.26 Å². The molecule has 0 saturated heterocycles. The van der Waals surface area contributed by atoms with Gasteiger partial charge in [0.15, 0.2) is 0 Å². The molecule has 4 N–H and O–H groups in total. The van der Waals surface area contributed by atoms with Crippen LogP contribution in [0.5, 0.6) is 0 Å². The molecule has 0 aliphatic heterocycles. The Balaban J connectivity index is 1.77. The summed E-state index contributed by atoms with van der Waals surface area (Å²) in [5.41, 5.74) is 1.49. The molecule has 0 spiro atoms. The lowest BCUT2D eigenvalue weighted by Gasteiger charge is -2.33. The van der Waals surface area contributed by atoms with Crippen molar-refractivity contribution in [2.75, 3.05) is 0 Å². The number of carbonyl (C=O) groups excluding carboxylic acids is 2. The minimum absolute atomic E-state index is 0.120. The number of amides is 2. The number of rotatable bonds is 15. The van der Waals surface area contributed by atoms with E-state index in [-0.39, 0.29) is 24.7 Å². The highest BCUT2D eigenvalue weighted by atomic mass is 16.3. The Bertz CT molecular complexity index is 1090. The van der Waals surface area contributed by atoms with Crippen molar-refractivity contribution in [1.82, 2.24) is 20.6 Å². The first-order valence-corrected chi connectivity index (χ1v) is 14.6. The third kappa shape index (κ3) is 9.63. The molecule has 1 heterocycles. The SMILES string of the molecule is C=C[C@@H](C[C@@H](O)[C@H](CC1CCCCC1)NC(=O)[C@H](Cc1c[nH]cn1)NC(=O)[C@H](C#N)Cc1ccccc1)C(C)C. The van der Waals surface area contributed by atoms with Gasteiger partial charge in [-0.15, -0.1) is 6.58 Å². The highest BCUT2D eigenvalue weighted by molar-refractivity contribution is 5.89. The molecule has 2 amide bonds. The minimum Gasteiger partial charge on any atom is -0.391 e. The Hall–Kier alpha value is -3.44. The van der Waals surface area contributed by atoms with Crippen molar-refractivity contribution in [2.45, 2.75) is 89.8 Å². The fourth-order valence-corrected chi connectivity index (χ4v) is 5.60. The Kier molecular flexibility index (Phi) is 12.4. The molecule has 1 aromatic heterocycles. The van der Waals surface area contributed by atoms with Crippen LogP contribution in [-0.4, -0.2) is 45.1 Å². The van der Waals surface area contributed by atoms with Crippen LogP contribution < -0.4 is 10.6 Å². The highest BCUT2D eigenvalue weighted by Gasteiger charge is 2.32. The third-order valence-corrected chi connectivity index (χ3v) is 8.13. The molecule has 0 bridgehead atoms. The molecule has 1 saturated carbocycles. The summed E-state index contributed by atoms with van der Waals surface area (Å²) in [5, 5.41) is 27.0. The standard InChI is InChI=1S/C32H45N5O3/c1-4-25(22(2)3)17-30(38)28(16-24-13-9-6-10-14-24)36-32(40)29(18-27-20-34-21-35-27)37-31(39)26(19-33)15-23-11-7-5-8-12-23/h4-5,7-8,11-12,20-22,24-26,28-30,38H,1,6,9-10,13-18H2,2-3H3,(H,34,35)(H,36,40)(H,37,39)/t25-,26-,28-,29-,30+/m0/s1. The number of carbonyl (C=O) groups is 2. The van der Waals surface area contributed by atoms with Crippen molar-refractivity contribution in [2.24, 2.45) is 23.7 Å². The Labute approximate surface area is 238 Å². The van der Waals surface area contributed by atoms with Gasteiger partial charge in [-0.05, 0) is 42.6 Å². The van der Waals surface area contributed by atoms with E-state index in [0.717, 1.165) is 31.2 Å². The monoisotopic (exact) mass is 547 g/mol. The Morgan fingerprint density at radius 2 is 1.88 bits per heavy atom. The number of hydrogen-bond acceptors (Lipinski definition) is 5. The molecule has 2 aromatic rings. The van der Waals surface area contributed by atoms with Crippen molar-refractivity contribution < 1.29 is 14.7 Å². The number of imidazole rings is 1. The van der Waals surface area contributed by atoms with Crippen LogP contribution >= 0.6 is 0 Å². The van der Waals surface area contributed by atoms with Gasteiger partial charge in [0.2, 0.25) is 11.8 Å². The second kappa shape index (κ2) is 16.0. The van der Waals surface area contributed by atoms with Crippen LogP contribution in [0.1, 0.15) is 70.1 Å². The second-order valence-corrected chi connectivity index (χ2v) is 11.5. The van der Waals surface area contributed by atoms with Crippen molar-refractivity contribution >= 4 is 11.8 Å². The molecule has 8 nitrogen and oxygen atoms in total. The summed E-state index contributed by atoms with van der Waals surface area (Å²) in [6.07, 6.45) is 11.7. The Morgan fingerprint density at radius 3 is 2.48 bits per heavy atom. The smallest absolute Gasteiger partial charge is 0.243 e. The summed E-state index contributed by atoms with van der Waals surface area (Å²) in [5.74, 6) is -0.958. The zero-order valence-electron chi connectivity index (χ0n) is 23.9. The predicted octanol–water partition coefficient (Wildman–Crippen LogP) is 4.48. The number of nitriles is 1. The van der Waals surface area contributed by atoms with E-state index in [9.17, 15) is 20.0 Å². The number of allylic oxidation sites excluding steroid dienone is 1. The van der Waals surface area contributed by atoms with Crippen molar-refractivity contribution in [3.05, 3.63) is 66.8 Å². The number of aliphatic hydroxyl groups is 1. The van der Waals surface area contributed by atoms with E-state index in [1.54, 1.807) is 6.20 Å². The summed E-state index contributed by atoms with van der Waals surface area (Å²) in [6.45, 7) is 8.15. The maximum Gasteiger partial charge on any atom is 0.243 e. The van der Waals surface area contributed by atoms with E-state index < -0.39 is 30.0 Å². The number of H-pyrrole nitrogens is 1. The van der Waals surface area contributed by atoms with Gasteiger partial charge in [0.1, 0.15) is 12.0 Å². The zero-order chi connectivity index (χ0) is 28.9. The topological polar surface area (TPSA) is 131 Å². The van der Waals surface area contributed by atoms with E-state index in [1.165, 1.54) is 12.7 Å². The van der Waals surface area contributed by atoms with Crippen LogP contribution in [0.15, 0.2) is 55.5 Å². The van der Waals surface area contributed by atoms with Crippen LogP contribution in [0.4, 0.5) is 0 Å². The molecule has 5 atom stereocenters. The van der Waals surface area contributed by atoms with E-state index >= 15 is 0 Å². The van der Waals surface area contributed by atoms with Crippen LogP contribution in [0.25, 0.3) is 0 Å². The fraction of sp³-hybridized carbons (Fsp3) is 0.562. The van der Waals surface area contributed by atoms with Crippen LogP contribution in [-0.2, 0) is 22.4 Å². The molecule has 8 heteroatoms. The molecule has 1 aromatic carbocycles. The highest BCUT2D eigenvalue weighted by Crippen LogP contribution is 2.30. The number of hydrogen-bond donors (Lipinski definition) is 4. The number of nitrogens with zero attached hydrogens (tertiary/aromatic N) is 2. The minimum atomic E-state index is -0.945. The molecule has 0 radical (unpaired) electrons. The first-order chi connectivity index (χ1) is 19.3. The lowest BCUT2D eigenvalue weighted by atomic mass is 9.81. The van der Waals surface area contributed by atoms with E-state index in [1.807, 2.05) is 36.4 Å². The molecular formula is C32H45N5O3. The molecule has 1 fully saturated rings. The molecule has 1 aliphatic carbocycles. The van der Waals surface area contributed by atoms with Crippen LogP contribution in [0.3, 0.4) is 0 Å². The normalized spacial score (nSPS) is 17.7. The summed E-state index contributed by atoms with van der Waals surface area (Å²) in [7, 11) is 0. The summed E-state index contributed by atoms with van der Waals surface area (Å²) >= 11 is 0. The van der Waals surface area contributed by atoms with E-state index in [0.29, 0.717) is 30.4 Å². The van der Waals surface area contributed by atoms with Gasteiger partial charge >= 0.3 is 0 Å². The van der Waals surface area contributed by atoms with E-state index in [2.05, 4.69) is 47.1 Å². The van der Waals surface area contributed by atoms with Crippen molar-refractivity contribution in [1.29, 1.82) is 5.26 Å². The Morgan fingerprint density at radius 1 is 1.15 bits per heavy atom. The van der Waals surface area contributed by atoms with Crippen LogP contribution in [0, 0.1) is 35.0 Å². The lowest BCUT2D eigenvalue weighted by Crippen LogP contribution is -2.55. The van der Waals surface area contributed by atoms with Gasteiger partial charge in [-0.1, -0.05) is 82.4 Å². The average Bonchev–Trinajstić information content (AvgIpc) is 3.47. The largest absolute Gasteiger partial charge is 0.391 e. The number of aromatic amines is 1. The maximum atomic E-state index is 13.7. The summed E-state index contributed by atoms with van der Waals surface area (Å²) in [6, 6.07) is 10.0. The number of benzene rings is 1. The van der Waals surface area contributed by atoms with E-state index in [4.69, 9.17) is 0 Å². The quantitative estimate of drug-likeness (QED) is 0.244. The first kappa shape index (κ1) is 31.1. The summed E-state index contributed by atoms with van der Waals surface area (Å²) in [4.78, 5) is 34.1. The second-order valence-electron chi connectivity index (χ2n) is 11.5. The summed E-state index contributed by atoms with van der Waals surface area (Å²) < 4.78 is 0. The molecule has 0 unspecified atom stereocenters. The van der Waals surface area contributed by atoms with Gasteiger partial charge in [0.25, 0.3) is 0 Å². The molecule has 1 aliphatic rings. The first-order valence-electron chi connectivity index (χ1n) is 14.6.